The number of halogens is 2. The minimum Gasteiger partial charge on any atom is -0.481 e. The minimum absolute atomic E-state index is 0.230. The van der Waals surface area contributed by atoms with Crippen LogP contribution in [0.5, 0.6) is 11.6 Å². The number of nitrogens with zero attached hydrogens (tertiary/aromatic N) is 6. The van der Waals surface area contributed by atoms with Crippen molar-refractivity contribution in [3.63, 3.8) is 0 Å². The van der Waals surface area contributed by atoms with Gasteiger partial charge in [0.15, 0.2) is 5.75 Å². The van der Waals surface area contributed by atoms with Crippen LogP contribution in [0.4, 0.5) is 5.95 Å². The molecule has 3 fully saturated rings. The summed E-state index contributed by atoms with van der Waals surface area (Å²) >= 11 is 12.6. The van der Waals surface area contributed by atoms with Crippen molar-refractivity contribution >= 4 is 35.1 Å². The molecule has 2 aromatic heterocycles. The van der Waals surface area contributed by atoms with E-state index >= 15 is 0 Å². The van der Waals surface area contributed by atoms with Gasteiger partial charge in [0.25, 0.3) is 0 Å². The van der Waals surface area contributed by atoms with Gasteiger partial charge in [-0.2, -0.15) is 0 Å². The van der Waals surface area contributed by atoms with Crippen molar-refractivity contribution in [3.05, 3.63) is 58.3 Å². The minimum atomic E-state index is -0.725. The van der Waals surface area contributed by atoms with E-state index in [0.29, 0.717) is 45.9 Å². The van der Waals surface area contributed by atoms with Crippen LogP contribution in [0.3, 0.4) is 0 Å². The molecule has 3 aliphatic heterocycles. The number of carbonyl (C=O) groups is 1. The normalized spacial score (nSPS) is 21.8. The van der Waals surface area contributed by atoms with Gasteiger partial charge in [0.2, 0.25) is 11.8 Å². The number of fused-ring (bicyclic) bond motifs is 1. The summed E-state index contributed by atoms with van der Waals surface area (Å²) in [6.45, 7) is 5.49. The maximum Gasteiger partial charge on any atom is 0.303 e. The number of hydrogen-bond acceptors (Lipinski definition) is 8. The summed E-state index contributed by atoms with van der Waals surface area (Å²) in [6, 6.07) is 10.0. The summed E-state index contributed by atoms with van der Waals surface area (Å²) < 4.78 is 6.21. The Hall–Kier alpha value is -2.98. The highest BCUT2D eigenvalue weighted by Gasteiger charge is 2.37. The standard InChI is InChI=1S/C31H36Cl2N6O3/c1-37-6-4-22-19-39(9-5-28(22)37)31-34-16-26(17-35-31)42-29-11-21(18-38-7-2-20(3-8-38)12-30(40)41)10-27(36-29)23-13-24(32)15-25(33)14-23/h10-11,13-17,20,22,28H,2-9,12,18-19H2,1H3,(H,40,41)/t22-,28-/m1/s1. The molecule has 3 aromatic rings. The molecule has 0 spiro atoms. The third-order valence-corrected chi connectivity index (χ3v) is 9.27. The lowest BCUT2D eigenvalue weighted by molar-refractivity contribution is -0.138. The fourth-order valence-corrected chi connectivity index (χ4v) is 7.18. The molecule has 42 heavy (non-hydrogen) atoms. The number of piperidine rings is 2. The lowest BCUT2D eigenvalue weighted by Crippen LogP contribution is -2.45. The number of anilines is 1. The number of carboxylic acids is 1. The first-order chi connectivity index (χ1) is 20.3. The molecule has 1 aromatic carbocycles. The third kappa shape index (κ3) is 6.97. The fraction of sp³-hybridized carbons (Fsp3) is 0.484. The van der Waals surface area contributed by atoms with E-state index in [4.69, 9.17) is 38.0 Å². The van der Waals surface area contributed by atoms with Gasteiger partial charge in [-0.05, 0) is 94.0 Å². The average molecular weight is 612 g/mol. The molecule has 5 heterocycles. The predicted octanol–water partition coefficient (Wildman–Crippen LogP) is 5.85. The van der Waals surface area contributed by atoms with Crippen LogP contribution in [0.15, 0.2) is 42.7 Å². The Morgan fingerprint density at radius 1 is 0.976 bits per heavy atom. The molecule has 11 heteroatoms. The Labute approximate surface area is 256 Å². The van der Waals surface area contributed by atoms with E-state index < -0.39 is 5.97 Å². The van der Waals surface area contributed by atoms with Crippen LogP contribution in [0.1, 0.15) is 37.7 Å². The maximum absolute atomic E-state index is 11.1. The summed E-state index contributed by atoms with van der Waals surface area (Å²) in [5, 5.41) is 10.2. The Kier molecular flexibility index (Phi) is 8.81. The number of pyridine rings is 1. The van der Waals surface area contributed by atoms with Crippen LogP contribution < -0.4 is 9.64 Å². The zero-order valence-corrected chi connectivity index (χ0v) is 25.3. The smallest absolute Gasteiger partial charge is 0.303 e. The molecule has 6 rings (SSSR count). The average Bonchev–Trinajstić information content (AvgIpc) is 3.33. The SMILES string of the molecule is CN1CC[C@@H]2CN(c3ncc(Oc4cc(CN5CCC(CC(=O)O)CC5)cc(-c5cc(Cl)cc(Cl)c5)n4)cn3)CC[C@H]21. The molecular formula is C31H36Cl2N6O3. The first-order valence-electron chi connectivity index (χ1n) is 14.7. The highest BCUT2D eigenvalue weighted by atomic mass is 35.5. The largest absolute Gasteiger partial charge is 0.481 e. The quantitative estimate of drug-likeness (QED) is 0.336. The zero-order chi connectivity index (χ0) is 29.2. The van der Waals surface area contributed by atoms with Crippen molar-refractivity contribution in [2.45, 2.75) is 44.7 Å². The van der Waals surface area contributed by atoms with Crippen molar-refractivity contribution in [1.29, 1.82) is 0 Å². The van der Waals surface area contributed by atoms with Gasteiger partial charge in [0, 0.05) is 53.8 Å². The first kappa shape index (κ1) is 29.1. The maximum atomic E-state index is 11.1. The van der Waals surface area contributed by atoms with Gasteiger partial charge in [-0.15, -0.1) is 0 Å². The van der Waals surface area contributed by atoms with Crippen LogP contribution in [0.25, 0.3) is 11.3 Å². The predicted molar refractivity (Wildman–Crippen MR) is 163 cm³/mol. The number of rotatable bonds is 8. The summed E-state index contributed by atoms with van der Waals surface area (Å²) in [4.78, 5) is 32.3. The van der Waals surface area contributed by atoms with Gasteiger partial charge in [-0.1, -0.05) is 23.2 Å². The molecule has 0 bridgehead atoms. The second-order valence-corrected chi connectivity index (χ2v) is 12.7. The van der Waals surface area contributed by atoms with Crippen LogP contribution in [-0.2, 0) is 11.3 Å². The number of benzene rings is 1. The number of aromatic nitrogens is 3. The Morgan fingerprint density at radius 3 is 2.43 bits per heavy atom. The van der Waals surface area contributed by atoms with E-state index in [9.17, 15) is 4.79 Å². The molecule has 0 unspecified atom stereocenters. The Bertz CT molecular complexity index is 1400. The molecule has 0 saturated carbocycles. The van der Waals surface area contributed by atoms with Crippen molar-refractivity contribution in [1.82, 2.24) is 24.8 Å². The van der Waals surface area contributed by atoms with Crippen molar-refractivity contribution in [3.8, 4) is 22.9 Å². The molecule has 222 valence electrons. The van der Waals surface area contributed by atoms with Crippen molar-refractivity contribution in [2.75, 3.05) is 44.7 Å². The van der Waals surface area contributed by atoms with Gasteiger partial charge in [-0.3, -0.25) is 9.69 Å². The number of hydrogen-bond donors (Lipinski definition) is 1. The van der Waals surface area contributed by atoms with Gasteiger partial charge in [-0.25, -0.2) is 15.0 Å². The van der Waals surface area contributed by atoms with E-state index in [1.165, 1.54) is 6.42 Å². The van der Waals surface area contributed by atoms with E-state index in [1.807, 2.05) is 24.3 Å². The van der Waals surface area contributed by atoms with E-state index in [2.05, 4.69) is 31.7 Å². The highest BCUT2D eigenvalue weighted by molar-refractivity contribution is 6.35. The molecule has 9 nitrogen and oxygen atoms in total. The van der Waals surface area contributed by atoms with Crippen LogP contribution in [0, 0.1) is 11.8 Å². The van der Waals surface area contributed by atoms with Crippen LogP contribution >= 0.6 is 23.2 Å². The van der Waals surface area contributed by atoms with E-state index in [1.54, 1.807) is 18.5 Å². The fourth-order valence-electron chi connectivity index (χ4n) is 6.65. The number of ether oxygens (including phenoxy) is 1. The third-order valence-electron chi connectivity index (χ3n) is 8.83. The van der Waals surface area contributed by atoms with Crippen LogP contribution in [-0.4, -0.2) is 81.6 Å². The molecule has 0 aliphatic carbocycles. The number of likely N-dealkylation sites (tertiary alicyclic amines) is 2. The van der Waals surface area contributed by atoms with E-state index in [-0.39, 0.29) is 12.3 Å². The molecule has 0 radical (unpaired) electrons. The Morgan fingerprint density at radius 2 is 1.71 bits per heavy atom. The summed E-state index contributed by atoms with van der Waals surface area (Å²) in [5.74, 6) is 1.86. The number of aliphatic carboxylic acids is 1. The number of carboxylic acid groups (broad SMARTS) is 1. The van der Waals surface area contributed by atoms with Gasteiger partial charge < -0.3 is 19.6 Å². The second kappa shape index (κ2) is 12.7. The zero-order valence-electron chi connectivity index (χ0n) is 23.8. The second-order valence-electron chi connectivity index (χ2n) is 11.8. The summed E-state index contributed by atoms with van der Waals surface area (Å²) in [5.41, 5.74) is 2.53. The summed E-state index contributed by atoms with van der Waals surface area (Å²) in [7, 11) is 2.22. The summed E-state index contributed by atoms with van der Waals surface area (Å²) in [6.07, 6.45) is 7.76. The highest BCUT2D eigenvalue weighted by Crippen LogP contribution is 2.33. The molecule has 1 N–H and O–H groups in total. The van der Waals surface area contributed by atoms with Gasteiger partial charge in [0.05, 0.1) is 18.1 Å². The van der Waals surface area contributed by atoms with E-state index in [0.717, 1.165) is 69.1 Å². The lowest BCUT2D eigenvalue weighted by Gasteiger charge is -2.36. The lowest BCUT2D eigenvalue weighted by atomic mass is 9.93. The monoisotopic (exact) mass is 610 g/mol. The topological polar surface area (TPSA) is 94.9 Å². The Balaban J connectivity index is 1.19. The first-order valence-corrected chi connectivity index (χ1v) is 15.4. The van der Waals surface area contributed by atoms with Gasteiger partial charge >= 0.3 is 5.97 Å². The molecular weight excluding hydrogens is 575 g/mol. The van der Waals surface area contributed by atoms with Crippen molar-refractivity contribution in [2.24, 2.45) is 11.8 Å². The van der Waals surface area contributed by atoms with Crippen LogP contribution in [0.2, 0.25) is 10.0 Å². The molecule has 0 amide bonds. The van der Waals surface area contributed by atoms with Gasteiger partial charge in [0.1, 0.15) is 0 Å². The van der Waals surface area contributed by atoms with Crippen molar-refractivity contribution < 1.29 is 14.6 Å². The molecule has 2 atom stereocenters. The molecule has 3 saturated heterocycles. The molecule has 3 aliphatic rings.